The topological polar surface area (TPSA) is 91.8 Å². The summed E-state index contributed by atoms with van der Waals surface area (Å²) in [4.78, 5) is 29.4. The molecule has 2 rings (SSSR count). The van der Waals surface area contributed by atoms with Crippen molar-refractivity contribution in [2.75, 3.05) is 14.2 Å². The Bertz CT molecular complexity index is 618. The zero-order valence-corrected chi connectivity index (χ0v) is 13.9. The van der Waals surface area contributed by atoms with Crippen LogP contribution in [-0.4, -0.2) is 53.1 Å². The molecule has 1 aromatic rings. The van der Waals surface area contributed by atoms with Crippen LogP contribution < -0.4 is 10.1 Å². The van der Waals surface area contributed by atoms with Gasteiger partial charge in [0.15, 0.2) is 0 Å². The van der Waals surface area contributed by atoms with Crippen LogP contribution in [0.5, 0.6) is 5.88 Å². The van der Waals surface area contributed by atoms with Crippen molar-refractivity contribution in [1.82, 2.24) is 15.2 Å². The molecule has 0 radical (unpaired) electrons. The van der Waals surface area contributed by atoms with Gasteiger partial charge < -0.3 is 14.7 Å². The van der Waals surface area contributed by atoms with Gasteiger partial charge in [-0.05, 0) is 38.3 Å². The second-order valence-electron chi connectivity index (χ2n) is 5.95. The highest BCUT2D eigenvalue weighted by atomic mass is 16.5. The zero-order chi connectivity index (χ0) is 17.1. The van der Waals surface area contributed by atoms with Crippen LogP contribution in [0.3, 0.4) is 0 Å². The van der Waals surface area contributed by atoms with E-state index in [0.717, 1.165) is 16.8 Å². The number of carboxylic acids is 1. The van der Waals surface area contributed by atoms with Crippen molar-refractivity contribution >= 4 is 11.9 Å². The van der Waals surface area contributed by atoms with E-state index >= 15 is 0 Å². The van der Waals surface area contributed by atoms with Crippen LogP contribution in [0.1, 0.15) is 29.7 Å². The Kier molecular flexibility index (Phi) is 5.20. The lowest BCUT2D eigenvalue weighted by Gasteiger charge is -2.23. The second-order valence-corrected chi connectivity index (χ2v) is 5.95. The van der Waals surface area contributed by atoms with Crippen LogP contribution in [0.2, 0.25) is 0 Å². The minimum Gasteiger partial charge on any atom is -0.481 e. The van der Waals surface area contributed by atoms with Crippen molar-refractivity contribution in [3.8, 4) is 5.88 Å². The summed E-state index contributed by atoms with van der Waals surface area (Å²) in [6, 6.07) is 0.852. The number of pyridine rings is 1. The van der Waals surface area contributed by atoms with Gasteiger partial charge in [-0.1, -0.05) is 0 Å². The van der Waals surface area contributed by atoms with Gasteiger partial charge in [-0.2, -0.15) is 0 Å². The summed E-state index contributed by atoms with van der Waals surface area (Å²) in [5.74, 6) is -0.510. The largest absolute Gasteiger partial charge is 0.481 e. The van der Waals surface area contributed by atoms with Gasteiger partial charge in [0, 0.05) is 18.3 Å². The van der Waals surface area contributed by atoms with E-state index in [0.29, 0.717) is 25.3 Å². The highest BCUT2D eigenvalue weighted by Crippen LogP contribution is 2.23. The van der Waals surface area contributed by atoms with Crippen molar-refractivity contribution < 1.29 is 19.4 Å². The molecule has 1 fully saturated rings. The number of methoxy groups -OCH3 is 1. The Balaban J connectivity index is 2.09. The fraction of sp³-hybridized carbons (Fsp3) is 0.562. The molecule has 0 spiro atoms. The molecule has 0 saturated carbocycles. The number of nitrogens with one attached hydrogen (secondary N) is 1. The fourth-order valence-corrected chi connectivity index (χ4v) is 2.90. The first-order valence-corrected chi connectivity index (χ1v) is 7.58. The molecule has 0 unspecified atom stereocenters. The minimum absolute atomic E-state index is 0.115. The highest BCUT2D eigenvalue weighted by Gasteiger charge is 2.34. The van der Waals surface area contributed by atoms with Gasteiger partial charge in [0.05, 0.1) is 19.7 Å². The Hall–Kier alpha value is -2.15. The lowest BCUT2D eigenvalue weighted by atomic mass is 10.1. The lowest BCUT2D eigenvalue weighted by Crippen LogP contribution is -2.45. The van der Waals surface area contributed by atoms with Gasteiger partial charge in [-0.15, -0.1) is 0 Å². The summed E-state index contributed by atoms with van der Waals surface area (Å²) < 4.78 is 5.32. The van der Waals surface area contributed by atoms with Crippen LogP contribution in [0.15, 0.2) is 6.07 Å². The molecule has 126 valence electrons. The van der Waals surface area contributed by atoms with E-state index < -0.39 is 18.1 Å². The molecular weight excluding hydrogens is 298 g/mol. The van der Waals surface area contributed by atoms with Gasteiger partial charge in [-0.25, -0.2) is 4.98 Å². The van der Waals surface area contributed by atoms with Crippen LogP contribution in [-0.2, 0) is 16.1 Å². The molecule has 1 aliphatic heterocycles. The van der Waals surface area contributed by atoms with E-state index in [9.17, 15) is 9.59 Å². The van der Waals surface area contributed by atoms with E-state index in [1.54, 1.807) is 19.1 Å². The summed E-state index contributed by atoms with van der Waals surface area (Å²) in [6.07, 6.45) is 0.996. The van der Waals surface area contributed by atoms with E-state index in [4.69, 9.17) is 9.84 Å². The summed E-state index contributed by atoms with van der Waals surface area (Å²) in [5.41, 5.74) is 2.73. The molecule has 0 bridgehead atoms. The maximum Gasteiger partial charge on any atom is 0.320 e. The number of likely N-dealkylation sites (N-methyl/N-ethyl adjacent to an activating group) is 1. The Morgan fingerprint density at radius 2 is 2.04 bits per heavy atom. The van der Waals surface area contributed by atoms with Crippen LogP contribution in [0.4, 0.5) is 0 Å². The average molecular weight is 321 g/mol. The number of aliphatic carboxylic acids is 1. The number of carbonyl (C=O) groups is 2. The van der Waals surface area contributed by atoms with E-state index in [1.807, 2.05) is 19.9 Å². The number of carbonyl (C=O) groups excluding carboxylic acids is 1. The van der Waals surface area contributed by atoms with Gasteiger partial charge >= 0.3 is 5.97 Å². The average Bonchev–Trinajstić information content (AvgIpc) is 2.98. The maximum absolute atomic E-state index is 12.5. The number of carboxylic acid groups (broad SMARTS) is 1. The summed E-state index contributed by atoms with van der Waals surface area (Å²) in [5, 5.41) is 11.9. The molecule has 2 atom stereocenters. The molecule has 2 N–H and O–H groups in total. The summed E-state index contributed by atoms with van der Waals surface area (Å²) in [6.45, 7) is 4.22. The number of nitrogens with zero attached hydrogens (tertiary/aromatic N) is 2. The number of aryl methyl sites for hydroxylation is 2. The SMILES string of the molecule is COc1nc(C)cc(C)c1CN(C)C(=O)[C@H]1CC[C@@H](C(=O)O)N1. The first kappa shape index (κ1) is 17.2. The van der Waals surface area contributed by atoms with E-state index in [1.165, 1.54) is 0 Å². The van der Waals surface area contributed by atoms with E-state index in [2.05, 4.69) is 10.3 Å². The van der Waals surface area contributed by atoms with Crippen molar-refractivity contribution in [2.45, 2.75) is 45.3 Å². The number of hydrogen-bond acceptors (Lipinski definition) is 5. The second kappa shape index (κ2) is 6.95. The summed E-state index contributed by atoms with van der Waals surface area (Å²) in [7, 11) is 3.26. The molecule has 7 nitrogen and oxygen atoms in total. The standard InChI is InChI=1S/C16H23N3O4/c1-9-7-10(2)17-14(23-4)11(9)8-19(3)15(20)12-5-6-13(18-12)16(21)22/h7,12-13,18H,5-6,8H2,1-4H3,(H,21,22)/t12-,13+/m1/s1. The van der Waals surface area contributed by atoms with Crippen LogP contribution in [0, 0.1) is 13.8 Å². The number of hydrogen-bond donors (Lipinski definition) is 2. The third-order valence-corrected chi connectivity index (χ3v) is 4.14. The third-order valence-electron chi connectivity index (χ3n) is 4.14. The van der Waals surface area contributed by atoms with Gasteiger partial charge in [0.1, 0.15) is 6.04 Å². The van der Waals surface area contributed by atoms with Crippen molar-refractivity contribution in [1.29, 1.82) is 0 Å². The summed E-state index contributed by atoms with van der Waals surface area (Å²) >= 11 is 0. The van der Waals surface area contributed by atoms with Crippen molar-refractivity contribution in [3.63, 3.8) is 0 Å². The van der Waals surface area contributed by atoms with Gasteiger partial charge in [0.2, 0.25) is 11.8 Å². The Labute approximate surface area is 135 Å². The van der Waals surface area contributed by atoms with Crippen LogP contribution in [0.25, 0.3) is 0 Å². The Morgan fingerprint density at radius 3 is 2.61 bits per heavy atom. The molecule has 0 aromatic carbocycles. The third kappa shape index (κ3) is 3.79. The van der Waals surface area contributed by atoms with Crippen LogP contribution >= 0.6 is 0 Å². The molecule has 1 aliphatic rings. The first-order chi connectivity index (χ1) is 10.8. The zero-order valence-electron chi connectivity index (χ0n) is 13.9. The number of aromatic nitrogens is 1. The number of amides is 1. The minimum atomic E-state index is -0.914. The normalized spacial score (nSPS) is 20.3. The molecule has 1 aromatic heterocycles. The predicted octanol–water partition coefficient (Wildman–Crippen LogP) is 0.871. The number of ether oxygens (including phenoxy) is 1. The molecule has 1 saturated heterocycles. The fourth-order valence-electron chi connectivity index (χ4n) is 2.90. The molecule has 0 aliphatic carbocycles. The van der Waals surface area contributed by atoms with E-state index in [-0.39, 0.29) is 5.91 Å². The van der Waals surface area contributed by atoms with Gasteiger partial charge in [-0.3, -0.25) is 14.9 Å². The predicted molar refractivity (Wildman–Crippen MR) is 84.3 cm³/mol. The first-order valence-electron chi connectivity index (χ1n) is 7.58. The van der Waals surface area contributed by atoms with Crippen molar-refractivity contribution in [2.24, 2.45) is 0 Å². The highest BCUT2D eigenvalue weighted by molar-refractivity contribution is 5.84. The maximum atomic E-state index is 12.5. The number of rotatable bonds is 5. The quantitative estimate of drug-likeness (QED) is 0.836. The Morgan fingerprint density at radius 1 is 1.39 bits per heavy atom. The van der Waals surface area contributed by atoms with Gasteiger partial charge in [0.25, 0.3) is 0 Å². The molecule has 2 heterocycles. The monoisotopic (exact) mass is 321 g/mol. The van der Waals surface area contributed by atoms with Crippen molar-refractivity contribution in [3.05, 3.63) is 22.9 Å². The lowest BCUT2D eigenvalue weighted by molar-refractivity contribution is -0.139. The smallest absolute Gasteiger partial charge is 0.320 e. The molecule has 23 heavy (non-hydrogen) atoms. The molecular formula is C16H23N3O4. The molecule has 1 amide bonds. The molecule has 7 heteroatoms.